The first-order valence-electron chi connectivity index (χ1n) is 8.64. The van der Waals surface area contributed by atoms with E-state index in [1.165, 1.54) is 29.5 Å². The molecule has 1 amide bonds. The fraction of sp³-hybridized carbons (Fsp3) is 0.0476. The number of halogens is 1. The van der Waals surface area contributed by atoms with Crippen LogP contribution >= 0.6 is 22.9 Å². The van der Waals surface area contributed by atoms with Crippen molar-refractivity contribution in [2.24, 2.45) is 0 Å². The monoisotopic (exact) mass is 442 g/mol. The molecule has 2 aromatic carbocycles. The van der Waals surface area contributed by atoms with Gasteiger partial charge in [-0.3, -0.25) is 14.9 Å². The topological polar surface area (TPSA) is 98.5 Å². The Bertz CT molecular complexity index is 1080. The summed E-state index contributed by atoms with van der Waals surface area (Å²) in [4.78, 5) is 35.4. The van der Waals surface area contributed by atoms with Crippen molar-refractivity contribution in [3.05, 3.63) is 97.7 Å². The van der Waals surface area contributed by atoms with Gasteiger partial charge in [-0.25, -0.2) is 4.79 Å². The molecule has 1 heterocycles. The number of non-ortho nitro benzene ring substituents is 1. The number of ether oxygens (including phenoxy) is 1. The maximum atomic E-state index is 12.8. The molecule has 7 nitrogen and oxygen atoms in total. The zero-order chi connectivity index (χ0) is 21.5. The lowest BCUT2D eigenvalue weighted by atomic mass is 10.1. The Morgan fingerprint density at radius 3 is 2.57 bits per heavy atom. The third-order valence-electron chi connectivity index (χ3n) is 3.95. The summed E-state index contributed by atoms with van der Waals surface area (Å²) in [5.41, 5.74) is 1.27. The van der Waals surface area contributed by atoms with Crippen LogP contribution in [0.1, 0.15) is 17.2 Å². The Labute approximate surface area is 180 Å². The average molecular weight is 443 g/mol. The van der Waals surface area contributed by atoms with Crippen LogP contribution in [-0.4, -0.2) is 16.8 Å². The van der Waals surface area contributed by atoms with E-state index in [0.717, 1.165) is 11.6 Å². The van der Waals surface area contributed by atoms with Crippen molar-refractivity contribution in [1.29, 1.82) is 0 Å². The molecule has 1 atom stereocenters. The second-order valence-corrected chi connectivity index (χ2v) is 7.22. The van der Waals surface area contributed by atoms with Gasteiger partial charge in [-0.05, 0) is 34.5 Å². The number of carbonyl (C=O) groups excluding carboxylic acids is 2. The SMILES string of the molecule is O=C(/C=C/c1ccsc1)OC(C(=O)Nc1ccc([N+](=O)[O-])cc1Cl)c1ccccc1. The fourth-order valence-electron chi connectivity index (χ4n) is 2.51. The van der Waals surface area contributed by atoms with Gasteiger partial charge in [-0.2, -0.15) is 11.3 Å². The summed E-state index contributed by atoms with van der Waals surface area (Å²) in [6.45, 7) is 0. The number of anilines is 1. The predicted molar refractivity (Wildman–Crippen MR) is 115 cm³/mol. The Morgan fingerprint density at radius 2 is 1.93 bits per heavy atom. The summed E-state index contributed by atoms with van der Waals surface area (Å²) in [5, 5.41) is 17.1. The molecule has 0 aliphatic heterocycles. The molecule has 0 bridgehead atoms. The molecule has 1 aromatic heterocycles. The largest absolute Gasteiger partial charge is 0.444 e. The highest BCUT2D eigenvalue weighted by Crippen LogP contribution is 2.28. The summed E-state index contributed by atoms with van der Waals surface area (Å²) in [6, 6.07) is 14.0. The van der Waals surface area contributed by atoms with Gasteiger partial charge in [0, 0.05) is 23.8 Å². The number of thiophene rings is 1. The lowest BCUT2D eigenvalue weighted by molar-refractivity contribution is -0.384. The number of nitrogens with zero attached hydrogens (tertiary/aromatic N) is 1. The number of esters is 1. The van der Waals surface area contributed by atoms with Crippen LogP contribution in [0.2, 0.25) is 5.02 Å². The molecule has 3 rings (SSSR count). The van der Waals surface area contributed by atoms with Gasteiger partial charge in [-0.15, -0.1) is 0 Å². The van der Waals surface area contributed by atoms with E-state index in [1.54, 1.807) is 36.4 Å². The number of amides is 1. The van der Waals surface area contributed by atoms with Crippen molar-refractivity contribution in [2.45, 2.75) is 6.10 Å². The second kappa shape index (κ2) is 9.82. The molecular weight excluding hydrogens is 428 g/mol. The number of rotatable bonds is 7. The second-order valence-electron chi connectivity index (χ2n) is 6.03. The minimum absolute atomic E-state index is 0.00644. The first-order valence-corrected chi connectivity index (χ1v) is 9.97. The van der Waals surface area contributed by atoms with E-state index in [2.05, 4.69) is 5.32 Å². The molecule has 0 spiro atoms. The van der Waals surface area contributed by atoms with Crippen LogP contribution in [0, 0.1) is 10.1 Å². The lowest BCUT2D eigenvalue weighted by Gasteiger charge is -2.17. The smallest absolute Gasteiger partial charge is 0.331 e. The Morgan fingerprint density at radius 1 is 1.17 bits per heavy atom. The molecule has 152 valence electrons. The van der Waals surface area contributed by atoms with Gasteiger partial charge >= 0.3 is 5.97 Å². The van der Waals surface area contributed by atoms with Crippen molar-refractivity contribution in [1.82, 2.24) is 0 Å². The van der Waals surface area contributed by atoms with E-state index in [-0.39, 0.29) is 16.4 Å². The highest BCUT2D eigenvalue weighted by atomic mass is 35.5. The zero-order valence-corrected chi connectivity index (χ0v) is 16.9. The van der Waals surface area contributed by atoms with Crippen molar-refractivity contribution >= 4 is 52.3 Å². The molecule has 0 aliphatic rings. The van der Waals surface area contributed by atoms with Gasteiger partial charge in [0.15, 0.2) is 0 Å². The van der Waals surface area contributed by atoms with Crippen LogP contribution in [0.3, 0.4) is 0 Å². The molecule has 0 aliphatic carbocycles. The molecule has 1 N–H and O–H groups in total. The third-order valence-corrected chi connectivity index (χ3v) is 4.97. The molecule has 0 fully saturated rings. The molecule has 0 radical (unpaired) electrons. The van der Waals surface area contributed by atoms with Crippen molar-refractivity contribution in [2.75, 3.05) is 5.32 Å². The molecule has 0 saturated heterocycles. The van der Waals surface area contributed by atoms with Gasteiger partial charge in [0.25, 0.3) is 11.6 Å². The van der Waals surface area contributed by atoms with Crippen LogP contribution in [-0.2, 0) is 14.3 Å². The number of nitro groups is 1. The van der Waals surface area contributed by atoms with Crippen LogP contribution in [0.15, 0.2) is 71.4 Å². The molecule has 3 aromatic rings. The van der Waals surface area contributed by atoms with Crippen molar-refractivity contribution in [3.63, 3.8) is 0 Å². The fourth-order valence-corrected chi connectivity index (χ4v) is 3.36. The third kappa shape index (κ3) is 5.53. The minimum atomic E-state index is -1.24. The van der Waals surface area contributed by atoms with Crippen LogP contribution < -0.4 is 5.32 Å². The van der Waals surface area contributed by atoms with E-state index in [0.29, 0.717) is 5.56 Å². The summed E-state index contributed by atoms with van der Waals surface area (Å²) in [7, 11) is 0. The highest BCUT2D eigenvalue weighted by Gasteiger charge is 2.25. The molecular formula is C21H15ClN2O5S. The average Bonchev–Trinajstić information content (AvgIpc) is 3.26. The zero-order valence-electron chi connectivity index (χ0n) is 15.4. The maximum absolute atomic E-state index is 12.8. The number of hydrogen-bond donors (Lipinski definition) is 1. The van der Waals surface area contributed by atoms with Gasteiger partial charge in [0.2, 0.25) is 6.10 Å². The number of carbonyl (C=O) groups is 2. The number of hydrogen-bond acceptors (Lipinski definition) is 6. The van der Waals surface area contributed by atoms with Crippen LogP contribution in [0.5, 0.6) is 0 Å². The minimum Gasteiger partial charge on any atom is -0.444 e. The van der Waals surface area contributed by atoms with E-state index >= 15 is 0 Å². The van der Waals surface area contributed by atoms with E-state index < -0.39 is 22.9 Å². The first-order chi connectivity index (χ1) is 14.4. The summed E-state index contributed by atoms with van der Waals surface area (Å²) >= 11 is 7.53. The molecule has 9 heteroatoms. The van der Waals surface area contributed by atoms with E-state index in [4.69, 9.17) is 16.3 Å². The first kappa shape index (κ1) is 21.2. The maximum Gasteiger partial charge on any atom is 0.331 e. The summed E-state index contributed by atoms with van der Waals surface area (Å²) in [5.74, 6) is -1.34. The van der Waals surface area contributed by atoms with Gasteiger partial charge in [0.05, 0.1) is 15.6 Å². The quantitative estimate of drug-likeness (QED) is 0.233. The van der Waals surface area contributed by atoms with E-state index in [1.807, 2.05) is 16.8 Å². The van der Waals surface area contributed by atoms with Crippen LogP contribution in [0.4, 0.5) is 11.4 Å². The number of benzene rings is 2. The van der Waals surface area contributed by atoms with E-state index in [9.17, 15) is 19.7 Å². The predicted octanol–water partition coefficient (Wildman–Crippen LogP) is 5.25. The normalized spacial score (nSPS) is 11.8. The Balaban J connectivity index is 1.79. The Hall–Kier alpha value is -3.49. The summed E-state index contributed by atoms with van der Waals surface area (Å²) < 4.78 is 5.38. The van der Waals surface area contributed by atoms with Gasteiger partial charge in [-0.1, -0.05) is 41.9 Å². The molecule has 0 saturated carbocycles. The number of nitro benzene ring substituents is 1. The van der Waals surface area contributed by atoms with Crippen molar-refractivity contribution < 1.29 is 19.2 Å². The standard InChI is InChI=1S/C21H15ClN2O5S/c22-17-12-16(24(27)28)7-8-18(17)23-21(26)20(15-4-2-1-3-5-15)29-19(25)9-6-14-10-11-30-13-14/h1-13,20H,(H,23,26)/b9-6+. The molecule has 30 heavy (non-hydrogen) atoms. The van der Waals surface area contributed by atoms with Gasteiger partial charge in [0.1, 0.15) is 0 Å². The highest BCUT2D eigenvalue weighted by molar-refractivity contribution is 7.08. The van der Waals surface area contributed by atoms with Crippen molar-refractivity contribution in [3.8, 4) is 0 Å². The molecule has 1 unspecified atom stereocenters. The number of nitrogens with one attached hydrogen (secondary N) is 1. The Kier molecular flexibility index (Phi) is 6.95. The van der Waals surface area contributed by atoms with Gasteiger partial charge < -0.3 is 10.1 Å². The summed E-state index contributed by atoms with van der Waals surface area (Å²) in [6.07, 6.45) is 1.59. The van der Waals surface area contributed by atoms with Crippen LogP contribution in [0.25, 0.3) is 6.08 Å². The lowest BCUT2D eigenvalue weighted by Crippen LogP contribution is -2.25.